The average molecular weight is 399 g/mol. The predicted molar refractivity (Wildman–Crippen MR) is 112 cm³/mol. The first-order valence-electron chi connectivity index (χ1n) is 8.14. The number of thioether (sulfide) groups is 1. The Morgan fingerprint density at radius 3 is 2.52 bits per heavy atom. The van der Waals surface area contributed by atoms with Crippen LogP contribution in [0, 0.1) is 0 Å². The molecular weight excluding hydrogens is 380 g/mol. The van der Waals surface area contributed by atoms with E-state index >= 15 is 0 Å². The Balaban J connectivity index is 1.54. The molecular formula is C19H18N4O2S2. The SMILES string of the molecule is CSc1ccccc1NC(=O)Cc1csc(NC(=O)Nc2ccccc2)n1. The number of aromatic nitrogens is 1. The van der Waals surface area contributed by atoms with E-state index in [1.807, 2.05) is 48.7 Å². The molecule has 0 unspecified atom stereocenters. The quantitative estimate of drug-likeness (QED) is 0.526. The molecule has 6 nitrogen and oxygen atoms in total. The Bertz CT molecular complexity index is 928. The maximum absolute atomic E-state index is 12.3. The summed E-state index contributed by atoms with van der Waals surface area (Å²) in [5, 5.41) is 10.5. The molecule has 0 aliphatic carbocycles. The number of carbonyl (C=O) groups is 2. The number of hydrogen-bond donors (Lipinski definition) is 3. The second-order valence-electron chi connectivity index (χ2n) is 5.51. The van der Waals surface area contributed by atoms with E-state index in [0.717, 1.165) is 10.6 Å². The van der Waals surface area contributed by atoms with E-state index in [1.165, 1.54) is 11.3 Å². The van der Waals surface area contributed by atoms with Crippen molar-refractivity contribution in [2.45, 2.75) is 11.3 Å². The highest BCUT2D eigenvalue weighted by molar-refractivity contribution is 7.98. The van der Waals surface area contributed by atoms with Gasteiger partial charge in [0.25, 0.3) is 0 Å². The first kappa shape index (κ1) is 18.9. The van der Waals surface area contributed by atoms with Crippen LogP contribution >= 0.6 is 23.1 Å². The van der Waals surface area contributed by atoms with Gasteiger partial charge in [0.1, 0.15) is 0 Å². The minimum atomic E-state index is -0.375. The summed E-state index contributed by atoms with van der Waals surface area (Å²) in [7, 11) is 0. The van der Waals surface area contributed by atoms with E-state index in [9.17, 15) is 9.59 Å². The molecule has 2 aromatic carbocycles. The van der Waals surface area contributed by atoms with Gasteiger partial charge >= 0.3 is 6.03 Å². The molecule has 27 heavy (non-hydrogen) atoms. The van der Waals surface area contributed by atoms with Crippen LogP contribution in [0.5, 0.6) is 0 Å². The zero-order valence-electron chi connectivity index (χ0n) is 14.6. The van der Waals surface area contributed by atoms with Crippen molar-refractivity contribution in [3.05, 3.63) is 65.7 Å². The van der Waals surface area contributed by atoms with Crippen LogP contribution in [-0.2, 0) is 11.2 Å². The highest BCUT2D eigenvalue weighted by atomic mass is 32.2. The van der Waals surface area contributed by atoms with Gasteiger partial charge in [0.2, 0.25) is 5.91 Å². The number of nitrogens with zero attached hydrogens (tertiary/aromatic N) is 1. The van der Waals surface area contributed by atoms with Gasteiger partial charge in [-0.05, 0) is 30.5 Å². The lowest BCUT2D eigenvalue weighted by Gasteiger charge is -2.08. The van der Waals surface area contributed by atoms with Crippen LogP contribution in [0.15, 0.2) is 64.9 Å². The van der Waals surface area contributed by atoms with Gasteiger partial charge < -0.3 is 10.6 Å². The number of rotatable bonds is 6. The molecule has 3 rings (SSSR count). The van der Waals surface area contributed by atoms with Crippen molar-refractivity contribution in [1.29, 1.82) is 0 Å². The molecule has 0 radical (unpaired) electrons. The van der Waals surface area contributed by atoms with Gasteiger partial charge in [0.05, 0.1) is 17.8 Å². The van der Waals surface area contributed by atoms with E-state index in [1.54, 1.807) is 29.3 Å². The lowest BCUT2D eigenvalue weighted by Crippen LogP contribution is -2.19. The Labute approximate surface area is 165 Å². The Morgan fingerprint density at radius 2 is 1.74 bits per heavy atom. The molecule has 0 spiro atoms. The van der Waals surface area contributed by atoms with Crippen molar-refractivity contribution in [3.63, 3.8) is 0 Å². The second kappa shape index (κ2) is 9.20. The average Bonchev–Trinajstić information content (AvgIpc) is 3.09. The van der Waals surface area contributed by atoms with Crippen molar-refractivity contribution in [2.24, 2.45) is 0 Å². The molecule has 1 heterocycles. The molecule has 0 aliphatic rings. The maximum atomic E-state index is 12.3. The van der Waals surface area contributed by atoms with Gasteiger partial charge in [-0.25, -0.2) is 9.78 Å². The molecule has 0 aliphatic heterocycles. The summed E-state index contributed by atoms with van der Waals surface area (Å²) < 4.78 is 0. The molecule has 0 saturated heterocycles. The van der Waals surface area contributed by atoms with Crippen molar-refractivity contribution >= 4 is 51.5 Å². The van der Waals surface area contributed by atoms with Crippen LogP contribution in [0.4, 0.5) is 21.3 Å². The third-order valence-corrected chi connectivity index (χ3v) is 5.13. The molecule has 0 fully saturated rings. The molecule has 138 valence electrons. The molecule has 3 N–H and O–H groups in total. The lowest BCUT2D eigenvalue weighted by molar-refractivity contribution is -0.115. The summed E-state index contributed by atoms with van der Waals surface area (Å²) in [5.41, 5.74) is 2.08. The lowest BCUT2D eigenvalue weighted by atomic mass is 10.3. The van der Waals surface area contributed by atoms with Gasteiger partial charge in [-0.2, -0.15) is 0 Å². The van der Waals surface area contributed by atoms with Crippen LogP contribution in [0.3, 0.4) is 0 Å². The molecule has 8 heteroatoms. The van der Waals surface area contributed by atoms with Gasteiger partial charge in [0, 0.05) is 16.0 Å². The smallest absolute Gasteiger partial charge is 0.325 e. The van der Waals surface area contributed by atoms with E-state index in [0.29, 0.717) is 16.5 Å². The van der Waals surface area contributed by atoms with Gasteiger partial charge in [-0.3, -0.25) is 10.1 Å². The fourth-order valence-corrected chi connectivity index (χ4v) is 3.59. The fraction of sp³-hybridized carbons (Fsp3) is 0.105. The standard InChI is InChI=1S/C19H18N4O2S2/c1-26-16-10-6-5-9-15(16)22-17(24)11-14-12-27-19(21-14)23-18(25)20-13-7-3-2-4-8-13/h2-10,12H,11H2,1H3,(H,22,24)(H2,20,21,23,25). The number of hydrogen-bond acceptors (Lipinski definition) is 5. The molecule has 3 aromatic rings. The number of thiazole rings is 1. The summed E-state index contributed by atoms with van der Waals surface area (Å²) >= 11 is 2.85. The van der Waals surface area contributed by atoms with E-state index in [-0.39, 0.29) is 18.4 Å². The summed E-state index contributed by atoms with van der Waals surface area (Å²) in [4.78, 5) is 29.6. The summed E-state index contributed by atoms with van der Waals surface area (Å²) in [5.74, 6) is -0.151. The Morgan fingerprint density at radius 1 is 1.00 bits per heavy atom. The molecule has 3 amide bonds. The molecule has 0 saturated carbocycles. The number of benzene rings is 2. The highest BCUT2D eigenvalue weighted by Gasteiger charge is 2.11. The largest absolute Gasteiger partial charge is 0.325 e. The van der Waals surface area contributed by atoms with Crippen molar-refractivity contribution in [3.8, 4) is 0 Å². The molecule has 1 aromatic heterocycles. The number of nitrogens with one attached hydrogen (secondary N) is 3. The maximum Gasteiger partial charge on any atom is 0.325 e. The Hall–Kier alpha value is -2.84. The van der Waals surface area contributed by atoms with Crippen LogP contribution < -0.4 is 16.0 Å². The van der Waals surface area contributed by atoms with Crippen LogP contribution in [-0.4, -0.2) is 23.2 Å². The van der Waals surface area contributed by atoms with Gasteiger partial charge in [-0.15, -0.1) is 23.1 Å². The zero-order valence-corrected chi connectivity index (χ0v) is 16.2. The first-order chi connectivity index (χ1) is 13.1. The van der Waals surface area contributed by atoms with Crippen LogP contribution in [0.2, 0.25) is 0 Å². The predicted octanol–water partition coefficient (Wildman–Crippen LogP) is 4.69. The summed E-state index contributed by atoms with van der Waals surface area (Å²) in [6, 6.07) is 16.4. The van der Waals surface area contributed by atoms with Gasteiger partial charge in [0.15, 0.2) is 5.13 Å². The van der Waals surface area contributed by atoms with Crippen molar-refractivity contribution < 1.29 is 9.59 Å². The monoisotopic (exact) mass is 398 g/mol. The first-order valence-corrected chi connectivity index (χ1v) is 10.2. The normalized spacial score (nSPS) is 10.3. The molecule has 0 bridgehead atoms. The second-order valence-corrected chi connectivity index (χ2v) is 7.22. The van der Waals surface area contributed by atoms with Crippen molar-refractivity contribution in [1.82, 2.24) is 4.98 Å². The third-order valence-electron chi connectivity index (χ3n) is 3.53. The Kier molecular flexibility index (Phi) is 6.45. The van der Waals surface area contributed by atoms with Crippen LogP contribution in [0.25, 0.3) is 0 Å². The number of amides is 3. The van der Waals surface area contributed by atoms with Gasteiger partial charge in [-0.1, -0.05) is 30.3 Å². The summed E-state index contributed by atoms with van der Waals surface area (Å²) in [6.07, 6.45) is 2.10. The number of urea groups is 1. The topological polar surface area (TPSA) is 83.1 Å². The van der Waals surface area contributed by atoms with Crippen LogP contribution in [0.1, 0.15) is 5.69 Å². The number of para-hydroxylation sites is 2. The third kappa shape index (κ3) is 5.57. The minimum Gasteiger partial charge on any atom is -0.325 e. The van der Waals surface area contributed by atoms with E-state index < -0.39 is 0 Å². The molecule has 0 atom stereocenters. The highest BCUT2D eigenvalue weighted by Crippen LogP contribution is 2.25. The fourth-order valence-electron chi connectivity index (χ4n) is 2.33. The van der Waals surface area contributed by atoms with Crippen molar-refractivity contribution in [2.75, 3.05) is 22.2 Å². The number of carbonyl (C=O) groups excluding carboxylic acids is 2. The van der Waals surface area contributed by atoms with E-state index in [2.05, 4.69) is 20.9 Å². The summed E-state index contributed by atoms with van der Waals surface area (Å²) in [6.45, 7) is 0. The zero-order chi connectivity index (χ0) is 19.1. The minimum absolute atomic E-state index is 0.140. The number of anilines is 3. The van der Waals surface area contributed by atoms with E-state index in [4.69, 9.17) is 0 Å².